The topological polar surface area (TPSA) is 68.0 Å². The van der Waals surface area contributed by atoms with Crippen LogP contribution in [0.3, 0.4) is 0 Å². The van der Waals surface area contributed by atoms with Crippen molar-refractivity contribution >= 4 is 29.3 Å². The van der Waals surface area contributed by atoms with Crippen LogP contribution in [0.25, 0.3) is 11.5 Å². The Morgan fingerprint density at radius 3 is 2.58 bits per heavy atom. The molecule has 0 spiro atoms. The maximum atomic E-state index is 11.9. The summed E-state index contributed by atoms with van der Waals surface area (Å²) in [6.07, 6.45) is 2.08. The van der Waals surface area contributed by atoms with Crippen LogP contribution in [0.5, 0.6) is 0 Å². The minimum atomic E-state index is -0.0255. The molecule has 0 aliphatic carbocycles. The number of nitrogens with zero attached hydrogens (tertiary/aromatic N) is 2. The summed E-state index contributed by atoms with van der Waals surface area (Å²) in [7, 11) is 0. The third kappa shape index (κ3) is 6.17. The molecule has 1 heterocycles. The zero-order valence-electron chi connectivity index (χ0n) is 14.1. The molecule has 0 saturated carbocycles. The average Bonchev–Trinajstić information content (AvgIpc) is 3.00. The molecule has 0 radical (unpaired) electrons. The summed E-state index contributed by atoms with van der Waals surface area (Å²) in [5.41, 5.74) is 0.797. The van der Waals surface area contributed by atoms with E-state index < -0.39 is 0 Å². The first-order chi connectivity index (χ1) is 11.4. The van der Waals surface area contributed by atoms with E-state index in [1.807, 2.05) is 19.1 Å². The van der Waals surface area contributed by atoms with Gasteiger partial charge in [-0.15, -0.1) is 10.2 Å². The number of benzene rings is 1. The van der Waals surface area contributed by atoms with E-state index in [1.54, 1.807) is 12.1 Å². The van der Waals surface area contributed by atoms with Crippen LogP contribution in [0.2, 0.25) is 5.02 Å². The minimum absolute atomic E-state index is 0.0255. The molecule has 2 aromatic rings. The second-order valence-electron chi connectivity index (χ2n) is 6.11. The molecular formula is C17H22ClN3O2S. The second kappa shape index (κ2) is 9.08. The standard InChI is InChI=1S/C17H22ClN3O2S/c1-11(2)4-5-12(3)19-15(22)10-24-17-21-20-16(23-17)13-6-8-14(18)9-7-13/h6-9,11-12H,4-5,10H2,1-3H3,(H,19,22)/t12-/m0/s1. The largest absolute Gasteiger partial charge is 0.411 e. The SMILES string of the molecule is CC(C)CC[C@H](C)NC(=O)CSc1nnc(-c2ccc(Cl)cc2)o1. The molecule has 1 N–H and O–H groups in total. The summed E-state index contributed by atoms with van der Waals surface area (Å²) < 4.78 is 5.56. The maximum Gasteiger partial charge on any atom is 0.277 e. The van der Waals surface area contributed by atoms with Gasteiger partial charge in [0.25, 0.3) is 5.22 Å². The summed E-state index contributed by atoms with van der Waals surface area (Å²) >= 11 is 7.09. The van der Waals surface area contributed by atoms with Gasteiger partial charge in [0.2, 0.25) is 11.8 Å². The second-order valence-corrected chi connectivity index (χ2v) is 7.47. The van der Waals surface area contributed by atoms with E-state index in [1.165, 1.54) is 11.8 Å². The molecule has 0 fully saturated rings. The Kier molecular flexibility index (Phi) is 7.12. The maximum absolute atomic E-state index is 11.9. The van der Waals surface area contributed by atoms with Crippen LogP contribution >= 0.6 is 23.4 Å². The van der Waals surface area contributed by atoms with Crippen LogP contribution < -0.4 is 5.32 Å². The first kappa shape index (κ1) is 18.8. The Labute approximate surface area is 151 Å². The molecule has 7 heteroatoms. The fraction of sp³-hybridized carbons (Fsp3) is 0.471. The quantitative estimate of drug-likeness (QED) is 0.699. The lowest BCUT2D eigenvalue weighted by Crippen LogP contribution is -2.34. The number of carbonyl (C=O) groups excluding carboxylic acids is 1. The highest BCUT2D eigenvalue weighted by Crippen LogP contribution is 2.24. The van der Waals surface area contributed by atoms with E-state index in [0.29, 0.717) is 22.1 Å². The zero-order chi connectivity index (χ0) is 17.5. The highest BCUT2D eigenvalue weighted by atomic mass is 35.5. The van der Waals surface area contributed by atoms with Gasteiger partial charge < -0.3 is 9.73 Å². The van der Waals surface area contributed by atoms with Gasteiger partial charge in [-0.25, -0.2) is 0 Å². The van der Waals surface area contributed by atoms with E-state index in [4.69, 9.17) is 16.0 Å². The molecule has 1 aromatic carbocycles. The van der Waals surface area contributed by atoms with E-state index >= 15 is 0 Å². The number of nitrogens with one attached hydrogen (secondary N) is 1. The number of halogens is 1. The number of amides is 1. The first-order valence-electron chi connectivity index (χ1n) is 7.95. The fourth-order valence-electron chi connectivity index (χ4n) is 2.08. The third-order valence-corrected chi connectivity index (χ3v) is 4.48. The summed E-state index contributed by atoms with van der Waals surface area (Å²) in [4.78, 5) is 11.9. The smallest absolute Gasteiger partial charge is 0.277 e. The van der Waals surface area contributed by atoms with Crippen molar-refractivity contribution in [2.24, 2.45) is 5.92 Å². The Balaban J connectivity index is 1.80. The fourth-order valence-corrected chi connectivity index (χ4v) is 2.78. The Bertz CT molecular complexity index is 658. The van der Waals surface area contributed by atoms with Gasteiger partial charge >= 0.3 is 0 Å². The Morgan fingerprint density at radius 1 is 1.21 bits per heavy atom. The molecule has 24 heavy (non-hydrogen) atoms. The molecule has 0 bridgehead atoms. The third-order valence-electron chi connectivity index (χ3n) is 3.41. The van der Waals surface area contributed by atoms with Crippen molar-refractivity contribution in [2.45, 2.75) is 44.9 Å². The lowest BCUT2D eigenvalue weighted by Gasteiger charge is -2.14. The normalized spacial score (nSPS) is 12.4. The van der Waals surface area contributed by atoms with Crippen LogP contribution in [-0.2, 0) is 4.79 Å². The van der Waals surface area contributed by atoms with Crippen LogP contribution in [-0.4, -0.2) is 27.9 Å². The predicted molar refractivity (Wildman–Crippen MR) is 97.1 cm³/mol. The molecule has 0 unspecified atom stereocenters. The lowest BCUT2D eigenvalue weighted by molar-refractivity contribution is -0.119. The van der Waals surface area contributed by atoms with E-state index in [2.05, 4.69) is 29.4 Å². The number of carbonyl (C=O) groups is 1. The number of hydrogen-bond acceptors (Lipinski definition) is 5. The van der Waals surface area contributed by atoms with Crippen molar-refractivity contribution in [1.82, 2.24) is 15.5 Å². The monoisotopic (exact) mass is 367 g/mol. The van der Waals surface area contributed by atoms with Crippen LogP contribution in [0.15, 0.2) is 33.9 Å². The van der Waals surface area contributed by atoms with Gasteiger partial charge in [-0.2, -0.15) is 0 Å². The van der Waals surface area contributed by atoms with Crippen molar-refractivity contribution < 1.29 is 9.21 Å². The summed E-state index contributed by atoms with van der Waals surface area (Å²) in [5, 5.41) is 12.0. The van der Waals surface area contributed by atoms with E-state index in [0.717, 1.165) is 18.4 Å². The first-order valence-corrected chi connectivity index (χ1v) is 9.32. The molecule has 1 aromatic heterocycles. The average molecular weight is 368 g/mol. The number of hydrogen-bond donors (Lipinski definition) is 1. The summed E-state index contributed by atoms with van der Waals surface area (Å²) in [6, 6.07) is 7.33. The molecule has 1 atom stereocenters. The van der Waals surface area contributed by atoms with Crippen LogP contribution in [0.1, 0.15) is 33.6 Å². The lowest BCUT2D eigenvalue weighted by atomic mass is 10.0. The van der Waals surface area contributed by atoms with Crippen molar-refractivity contribution in [1.29, 1.82) is 0 Å². The molecule has 1 amide bonds. The molecule has 130 valence electrons. The van der Waals surface area contributed by atoms with Gasteiger partial charge in [0.15, 0.2) is 0 Å². The predicted octanol–water partition coefficient (Wildman–Crippen LogP) is 4.42. The van der Waals surface area contributed by atoms with Crippen molar-refractivity contribution in [2.75, 3.05) is 5.75 Å². The Morgan fingerprint density at radius 2 is 1.92 bits per heavy atom. The van der Waals surface area contributed by atoms with Gasteiger partial charge in [0.1, 0.15) is 0 Å². The molecule has 2 rings (SSSR count). The van der Waals surface area contributed by atoms with Gasteiger partial charge in [-0.3, -0.25) is 4.79 Å². The molecule has 0 aliphatic heterocycles. The summed E-state index contributed by atoms with van der Waals surface area (Å²) in [6.45, 7) is 6.38. The highest BCUT2D eigenvalue weighted by molar-refractivity contribution is 7.99. The van der Waals surface area contributed by atoms with Gasteiger partial charge in [-0.1, -0.05) is 37.2 Å². The van der Waals surface area contributed by atoms with Gasteiger partial charge in [0.05, 0.1) is 5.75 Å². The Hall–Kier alpha value is -1.53. The van der Waals surface area contributed by atoms with Gasteiger partial charge in [-0.05, 0) is 49.9 Å². The van der Waals surface area contributed by atoms with Crippen molar-refractivity contribution in [3.63, 3.8) is 0 Å². The zero-order valence-corrected chi connectivity index (χ0v) is 15.7. The van der Waals surface area contributed by atoms with Crippen molar-refractivity contribution in [3.8, 4) is 11.5 Å². The number of thioether (sulfide) groups is 1. The highest BCUT2D eigenvalue weighted by Gasteiger charge is 2.13. The van der Waals surface area contributed by atoms with Crippen LogP contribution in [0.4, 0.5) is 0 Å². The summed E-state index contributed by atoms with van der Waals surface area (Å²) in [5.74, 6) is 1.29. The molecule has 0 saturated heterocycles. The van der Waals surface area contributed by atoms with Crippen LogP contribution in [0, 0.1) is 5.92 Å². The van der Waals surface area contributed by atoms with E-state index in [9.17, 15) is 4.79 Å². The molecule has 5 nitrogen and oxygen atoms in total. The number of rotatable bonds is 8. The minimum Gasteiger partial charge on any atom is -0.411 e. The molecule has 0 aliphatic rings. The molecular weight excluding hydrogens is 346 g/mol. The van der Waals surface area contributed by atoms with E-state index in [-0.39, 0.29) is 17.7 Å². The van der Waals surface area contributed by atoms with Gasteiger partial charge in [0, 0.05) is 16.6 Å². The van der Waals surface area contributed by atoms with Crippen molar-refractivity contribution in [3.05, 3.63) is 29.3 Å². The number of aromatic nitrogens is 2.